The van der Waals surface area contributed by atoms with Crippen molar-refractivity contribution in [3.63, 3.8) is 0 Å². The monoisotopic (exact) mass is 497 g/mol. The Labute approximate surface area is 213 Å². The minimum atomic E-state index is -0.216. The number of carbonyl (C=O) groups excluding carboxylic acids is 1. The first kappa shape index (κ1) is 23.7. The maximum Gasteiger partial charge on any atom is 0.268 e. The van der Waals surface area contributed by atoms with Crippen LogP contribution in [0.25, 0.3) is 21.9 Å². The van der Waals surface area contributed by atoms with Crippen molar-refractivity contribution in [1.82, 2.24) is 24.5 Å². The molecule has 0 saturated carbocycles. The fourth-order valence-corrected chi connectivity index (χ4v) is 5.28. The third-order valence-electron chi connectivity index (χ3n) is 6.26. The molecule has 0 aliphatic heterocycles. The van der Waals surface area contributed by atoms with Crippen LogP contribution in [-0.2, 0) is 11.2 Å². The molecule has 8 heteroatoms. The molecule has 0 spiro atoms. The highest BCUT2D eigenvalue weighted by molar-refractivity contribution is 7.15. The number of amides is 1. The van der Waals surface area contributed by atoms with Crippen LogP contribution in [0.1, 0.15) is 41.2 Å². The lowest BCUT2D eigenvalue weighted by atomic mass is 10.1. The van der Waals surface area contributed by atoms with E-state index in [0.29, 0.717) is 27.6 Å². The first-order chi connectivity index (χ1) is 17.3. The van der Waals surface area contributed by atoms with Crippen LogP contribution in [0.5, 0.6) is 0 Å². The molecular formula is C28H27N5O2S. The highest BCUT2D eigenvalue weighted by atomic mass is 32.1. The van der Waals surface area contributed by atoms with E-state index in [0.717, 1.165) is 16.9 Å². The van der Waals surface area contributed by atoms with Crippen molar-refractivity contribution in [3.05, 3.63) is 105 Å². The van der Waals surface area contributed by atoms with E-state index in [9.17, 15) is 9.59 Å². The summed E-state index contributed by atoms with van der Waals surface area (Å²) in [6.07, 6.45) is 0.0814. The van der Waals surface area contributed by atoms with Gasteiger partial charge in [-0.05, 0) is 51.5 Å². The van der Waals surface area contributed by atoms with Gasteiger partial charge in [0.25, 0.3) is 5.56 Å². The normalized spacial score (nSPS) is 12.1. The van der Waals surface area contributed by atoms with Crippen LogP contribution in [0.4, 0.5) is 0 Å². The molecule has 7 nitrogen and oxygen atoms in total. The number of hydrogen-bond donors (Lipinski definition) is 1. The highest BCUT2D eigenvalue weighted by Gasteiger charge is 2.20. The Kier molecular flexibility index (Phi) is 6.28. The molecule has 0 saturated heterocycles. The Bertz CT molecular complexity index is 1610. The molecule has 5 rings (SSSR count). The molecule has 1 atom stereocenters. The smallest absolute Gasteiger partial charge is 0.268 e. The first-order valence-electron chi connectivity index (χ1n) is 11.8. The maximum atomic E-state index is 13.7. The number of carbonyl (C=O) groups is 1. The number of aromatic nitrogens is 4. The van der Waals surface area contributed by atoms with Gasteiger partial charge in [-0.1, -0.05) is 48.0 Å². The quantitative estimate of drug-likeness (QED) is 0.360. The summed E-state index contributed by atoms with van der Waals surface area (Å²) >= 11 is 1.36. The summed E-state index contributed by atoms with van der Waals surface area (Å²) in [5.74, 6) is -0.153. The van der Waals surface area contributed by atoms with Crippen molar-refractivity contribution < 1.29 is 4.79 Å². The summed E-state index contributed by atoms with van der Waals surface area (Å²) in [5, 5.41) is 9.60. The highest BCUT2D eigenvalue weighted by Crippen LogP contribution is 2.24. The van der Waals surface area contributed by atoms with Crippen LogP contribution in [0, 0.1) is 20.8 Å². The van der Waals surface area contributed by atoms with Gasteiger partial charge < -0.3 is 5.32 Å². The van der Waals surface area contributed by atoms with Gasteiger partial charge in [0.05, 0.1) is 29.4 Å². The number of benzene rings is 2. The van der Waals surface area contributed by atoms with Gasteiger partial charge in [-0.25, -0.2) is 9.67 Å². The summed E-state index contributed by atoms with van der Waals surface area (Å²) in [6, 6.07) is 19.6. The number of rotatable bonds is 6. The van der Waals surface area contributed by atoms with E-state index in [2.05, 4.69) is 10.3 Å². The van der Waals surface area contributed by atoms with Gasteiger partial charge in [0.1, 0.15) is 5.69 Å². The van der Waals surface area contributed by atoms with Crippen LogP contribution < -0.4 is 10.9 Å². The Morgan fingerprint density at radius 3 is 2.50 bits per heavy atom. The second-order valence-electron chi connectivity index (χ2n) is 9.02. The number of hydrogen-bond acceptors (Lipinski definition) is 5. The predicted octanol–water partition coefficient (Wildman–Crippen LogP) is 4.95. The van der Waals surface area contributed by atoms with Crippen molar-refractivity contribution in [2.45, 2.75) is 40.2 Å². The minimum Gasteiger partial charge on any atom is -0.349 e. The third kappa shape index (κ3) is 4.47. The zero-order valence-electron chi connectivity index (χ0n) is 20.6. The lowest BCUT2D eigenvalue weighted by molar-refractivity contribution is -0.121. The summed E-state index contributed by atoms with van der Waals surface area (Å²) < 4.78 is 3.37. The molecule has 0 fully saturated rings. The lowest BCUT2D eigenvalue weighted by Crippen LogP contribution is -2.29. The Morgan fingerprint density at radius 1 is 1.06 bits per heavy atom. The topological polar surface area (TPSA) is 81.3 Å². The van der Waals surface area contributed by atoms with Gasteiger partial charge in [0.2, 0.25) is 5.91 Å². The number of aryl methyl sites for hydroxylation is 3. The molecule has 0 bridgehead atoms. The molecule has 0 unspecified atom stereocenters. The number of nitrogens with one attached hydrogen (secondary N) is 1. The van der Waals surface area contributed by atoms with Crippen LogP contribution in [0.2, 0.25) is 0 Å². The van der Waals surface area contributed by atoms with E-state index in [1.54, 1.807) is 4.40 Å². The van der Waals surface area contributed by atoms with Crippen molar-refractivity contribution >= 4 is 22.2 Å². The van der Waals surface area contributed by atoms with Gasteiger partial charge in [0.15, 0.2) is 4.96 Å². The third-order valence-corrected chi connectivity index (χ3v) is 7.14. The van der Waals surface area contributed by atoms with Crippen LogP contribution in [0.3, 0.4) is 0 Å². The predicted molar refractivity (Wildman–Crippen MR) is 143 cm³/mol. The fraction of sp³-hybridized carbons (Fsp3) is 0.214. The van der Waals surface area contributed by atoms with Crippen molar-refractivity contribution in [3.8, 4) is 16.9 Å². The molecular weight excluding hydrogens is 470 g/mol. The molecule has 1 N–H and O–H groups in total. The molecule has 3 heterocycles. The van der Waals surface area contributed by atoms with E-state index >= 15 is 0 Å². The second-order valence-corrected chi connectivity index (χ2v) is 9.85. The maximum absolute atomic E-state index is 13.7. The van der Waals surface area contributed by atoms with Crippen LogP contribution in [-0.4, -0.2) is 25.1 Å². The fourth-order valence-electron chi connectivity index (χ4n) is 4.35. The summed E-state index contributed by atoms with van der Waals surface area (Å²) in [6.45, 7) is 7.77. The molecule has 0 aliphatic rings. The standard InChI is InChI=1S/C28H27N5O2S/c1-17-10-12-22(13-11-17)33-18(2)14-24(31-33)26-20(4)30-28-32(27(26)35)23(16-36-28)15-25(34)29-19(3)21-8-6-5-7-9-21/h5-14,16,19H,15H2,1-4H3,(H,29,34)/t19-/m1/s1. The molecule has 36 heavy (non-hydrogen) atoms. The summed E-state index contributed by atoms with van der Waals surface area (Å²) in [4.78, 5) is 31.8. The molecule has 1 amide bonds. The van der Waals surface area contributed by atoms with Gasteiger partial charge in [-0.2, -0.15) is 5.10 Å². The van der Waals surface area contributed by atoms with Crippen molar-refractivity contribution in [2.24, 2.45) is 0 Å². The Morgan fingerprint density at radius 2 is 1.78 bits per heavy atom. The zero-order valence-corrected chi connectivity index (χ0v) is 21.5. The van der Waals surface area contributed by atoms with Crippen LogP contribution in [0.15, 0.2) is 70.8 Å². The zero-order chi connectivity index (χ0) is 25.4. The second kappa shape index (κ2) is 9.54. The summed E-state index contributed by atoms with van der Waals surface area (Å²) in [5.41, 5.74) is 6.05. The Hall–Kier alpha value is -4.04. The molecule has 0 radical (unpaired) electrons. The first-order valence-corrected chi connectivity index (χ1v) is 12.7. The number of thiazole rings is 1. The van der Waals surface area contributed by atoms with E-state index in [1.807, 2.05) is 98.4 Å². The van der Waals surface area contributed by atoms with Crippen LogP contribution >= 0.6 is 11.3 Å². The van der Waals surface area contributed by atoms with Gasteiger partial charge in [0, 0.05) is 16.8 Å². The number of nitrogens with zero attached hydrogens (tertiary/aromatic N) is 4. The minimum absolute atomic E-state index is 0.0814. The molecule has 5 aromatic rings. The van der Waals surface area contributed by atoms with Gasteiger partial charge in [-0.15, -0.1) is 11.3 Å². The van der Waals surface area contributed by atoms with E-state index < -0.39 is 0 Å². The Balaban J connectivity index is 1.48. The van der Waals surface area contributed by atoms with E-state index in [1.165, 1.54) is 16.9 Å². The molecule has 182 valence electrons. The van der Waals surface area contributed by atoms with Crippen molar-refractivity contribution in [1.29, 1.82) is 0 Å². The summed E-state index contributed by atoms with van der Waals surface area (Å²) in [7, 11) is 0. The average molecular weight is 498 g/mol. The average Bonchev–Trinajstić information content (AvgIpc) is 3.43. The van der Waals surface area contributed by atoms with E-state index in [4.69, 9.17) is 5.10 Å². The van der Waals surface area contributed by atoms with Crippen molar-refractivity contribution in [2.75, 3.05) is 0 Å². The largest absolute Gasteiger partial charge is 0.349 e. The molecule has 0 aliphatic carbocycles. The van der Waals surface area contributed by atoms with Gasteiger partial charge >= 0.3 is 0 Å². The number of fused-ring (bicyclic) bond motifs is 1. The molecule has 2 aromatic carbocycles. The molecule has 3 aromatic heterocycles. The SMILES string of the molecule is Cc1ccc(-n2nc(-c3c(C)nc4scc(CC(=O)N[C@H](C)c5ccccc5)n4c3=O)cc2C)cc1. The van der Waals surface area contributed by atoms with E-state index in [-0.39, 0.29) is 23.9 Å². The lowest BCUT2D eigenvalue weighted by Gasteiger charge is -2.14. The van der Waals surface area contributed by atoms with Gasteiger partial charge in [-0.3, -0.25) is 14.0 Å².